The first-order valence-electron chi connectivity index (χ1n) is 8.90. The molecule has 0 saturated heterocycles. The Balaban J connectivity index is 1.43. The van der Waals surface area contributed by atoms with E-state index in [1.165, 1.54) is 11.3 Å². The van der Waals surface area contributed by atoms with E-state index in [-0.39, 0.29) is 5.91 Å². The van der Waals surface area contributed by atoms with Gasteiger partial charge >= 0.3 is 0 Å². The van der Waals surface area contributed by atoms with E-state index in [1.807, 2.05) is 11.4 Å². The fraction of sp³-hybridized carbons (Fsp3) is 0.0952. The maximum atomic E-state index is 12.1. The van der Waals surface area contributed by atoms with E-state index < -0.39 is 6.10 Å². The van der Waals surface area contributed by atoms with E-state index in [1.54, 1.807) is 55.5 Å². The first kappa shape index (κ1) is 20.4. The molecule has 9 heteroatoms. The number of amides is 1. The second-order valence-electron chi connectivity index (χ2n) is 6.30. The summed E-state index contributed by atoms with van der Waals surface area (Å²) < 4.78 is 11.1. The van der Waals surface area contributed by atoms with Crippen molar-refractivity contribution in [2.24, 2.45) is 0 Å². The molecular weight excluding hydrogens is 445 g/mol. The third-order valence-corrected chi connectivity index (χ3v) is 5.53. The van der Waals surface area contributed by atoms with Crippen molar-refractivity contribution in [2.75, 3.05) is 5.32 Å². The van der Waals surface area contributed by atoms with Crippen LogP contribution in [-0.2, 0) is 0 Å². The number of hydrogen-bond donors (Lipinski definition) is 1. The van der Waals surface area contributed by atoms with E-state index >= 15 is 0 Å². The molecule has 1 unspecified atom stereocenters. The molecule has 0 bridgehead atoms. The molecule has 1 amide bonds. The summed E-state index contributed by atoms with van der Waals surface area (Å²) in [4.78, 5) is 17.2. The number of thiophene rings is 1. The first-order chi connectivity index (χ1) is 14.5. The van der Waals surface area contributed by atoms with Crippen LogP contribution in [0, 0.1) is 0 Å². The number of carbonyl (C=O) groups excluding carboxylic acids is 1. The molecule has 4 rings (SSSR count). The largest absolute Gasteiger partial charge is 0.479 e. The molecule has 152 valence electrons. The third-order valence-electron chi connectivity index (χ3n) is 4.13. The predicted molar refractivity (Wildman–Crippen MR) is 118 cm³/mol. The molecule has 4 aromatic rings. The second-order valence-corrected chi connectivity index (χ2v) is 8.09. The van der Waals surface area contributed by atoms with Crippen molar-refractivity contribution in [1.82, 2.24) is 10.1 Å². The number of nitrogens with zero attached hydrogens (tertiary/aromatic N) is 2. The summed E-state index contributed by atoms with van der Waals surface area (Å²) >= 11 is 13.4. The molecule has 2 heterocycles. The molecule has 0 aliphatic heterocycles. The number of ether oxygens (including phenoxy) is 1. The molecule has 0 saturated carbocycles. The van der Waals surface area contributed by atoms with Gasteiger partial charge in [0.15, 0.2) is 6.10 Å². The van der Waals surface area contributed by atoms with Crippen molar-refractivity contribution in [1.29, 1.82) is 0 Å². The van der Waals surface area contributed by atoms with Crippen LogP contribution in [0.25, 0.3) is 11.4 Å². The van der Waals surface area contributed by atoms with Gasteiger partial charge in [0.1, 0.15) is 5.75 Å². The molecule has 0 aliphatic carbocycles. The lowest BCUT2D eigenvalue weighted by molar-refractivity contribution is 0.103. The number of aromatic nitrogens is 2. The Morgan fingerprint density at radius 3 is 2.67 bits per heavy atom. The predicted octanol–water partition coefficient (Wildman–Crippen LogP) is 6.50. The summed E-state index contributed by atoms with van der Waals surface area (Å²) in [6, 6.07) is 15.8. The van der Waals surface area contributed by atoms with Crippen molar-refractivity contribution in [2.45, 2.75) is 13.0 Å². The highest BCUT2D eigenvalue weighted by Gasteiger charge is 2.18. The summed E-state index contributed by atoms with van der Waals surface area (Å²) in [5.41, 5.74) is 1.42. The molecular formula is C21H15Cl2N3O3S. The quantitative estimate of drug-likeness (QED) is 0.356. The Kier molecular flexibility index (Phi) is 6.03. The molecule has 30 heavy (non-hydrogen) atoms. The average molecular weight is 460 g/mol. The van der Waals surface area contributed by atoms with E-state index in [0.29, 0.717) is 38.1 Å². The smallest absolute Gasteiger partial charge is 0.267 e. The summed E-state index contributed by atoms with van der Waals surface area (Å²) in [7, 11) is 0. The molecule has 2 aromatic heterocycles. The maximum absolute atomic E-state index is 12.1. The standard InChI is InChI=1S/C21H15Cl2N3O3S/c1-12(28-17-9-6-14(22)11-16(17)23)21-25-19(26-29-21)13-4-7-15(8-5-13)24-20(27)18-3-2-10-30-18/h2-12H,1H3,(H,24,27). The van der Waals surface area contributed by atoms with Gasteiger partial charge in [0, 0.05) is 16.3 Å². The SMILES string of the molecule is CC(Oc1ccc(Cl)cc1Cl)c1nc(-c2ccc(NC(=O)c3cccs3)cc2)no1. The van der Waals surface area contributed by atoms with Gasteiger partial charge in [-0.3, -0.25) is 4.79 Å². The van der Waals surface area contributed by atoms with Crippen LogP contribution in [0.2, 0.25) is 10.0 Å². The highest BCUT2D eigenvalue weighted by atomic mass is 35.5. The van der Waals surface area contributed by atoms with Crippen LogP contribution in [0.5, 0.6) is 5.75 Å². The summed E-state index contributed by atoms with van der Waals surface area (Å²) in [5, 5.41) is 9.64. The molecule has 2 aromatic carbocycles. The molecule has 1 N–H and O–H groups in total. The monoisotopic (exact) mass is 459 g/mol. The minimum atomic E-state index is -0.505. The van der Waals surface area contributed by atoms with Gasteiger partial charge in [0.05, 0.1) is 9.90 Å². The van der Waals surface area contributed by atoms with Gasteiger partial charge in [-0.2, -0.15) is 4.98 Å². The van der Waals surface area contributed by atoms with Crippen LogP contribution in [0.3, 0.4) is 0 Å². The van der Waals surface area contributed by atoms with Crippen LogP contribution >= 0.6 is 34.5 Å². The molecule has 1 atom stereocenters. The van der Waals surface area contributed by atoms with Crippen molar-refractivity contribution in [3.05, 3.63) is 80.8 Å². The fourth-order valence-electron chi connectivity index (χ4n) is 2.63. The second kappa shape index (κ2) is 8.87. The minimum absolute atomic E-state index is 0.147. The van der Waals surface area contributed by atoms with Crippen LogP contribution in [0.15, 0.2) is 64.5 Å². The number of anilines is 1. The van der Waals surface area contributed by atoms with Crippen molar-refractivity contribution < 1.29 is 14.1 Å². The van der Waals surface area contributed by atoms with Gasteiger partial charge < -0.3 is 14.6 Å². The Hall–Kier alpha value is -2.87. The number of benzene rings is 2. The van der Waals surface area contributed by atoms with Crippen LogP contribution < -0.4 is 10.1 Å². The summed E-state index contributed by atoms with van der Waals surface area (Å²) in [6.07, 6.45) is -0.505. The molecule has 0 fully saturated rings. The fourth-order valence-corrected chi connectivity index (χ4v) is 3.70. The average Bonchev–Trinajstić information content (AvgIpc) is 3.43. The lowest BCUT2D eigenvalue weighted by Crippen LogP contribution is -2.09. The zero-order chi connectivity index (χ0) is 21.1. The normalized spacial score (nSPS) is 11.8. The summed E-state index contributed by atoms with van der Waals surface area (Å²) in [6.45, 7) is 1.78. The van der Waals surface area contributed by atoms with E-state index in [9.17, 15) is 4.79 Å². The lowest BCUT2D eigenvalue weighted by atomic mass is 10.2. The zero-order valence-corrected chi connectivity index (χ0v) is 18.0. The maximum Gasteiger partial charge on any atom is 0.267 e. The summed E-state index contributed by atoms with van der Waals surface area (Å²) in [5.74, 6) is 1.05. The molecule has 0 radical (unpaired) electrons. The van der Waals surface area contributed by atoms with Crippen molar-refractivity contribution in [3.8, 4) is 17.1 Å². The zero-order valence-electron chi connectivity index (χ0n) is 15.6. The van der Waals surface area contributed by atoms with Gasteiger partial charge in [-0.15, -0.1) is 11.3 Å². The van der Waals surface area contributed by atoms with Crippen LogP contribution in [-0.4, -0.2) is 16.0 Å². The topological polar surface area (TPSA) is 77.2 Å². The Labute approximate surface area is 186 Å². The van der Waals surface area contributed by atoms with Crippen molar-refractivity contribution in [3.63, 3.8) is 0 Å². The number of halogens is 2. The van der Waals surface area contributed by atoms with E-state index in [4.69, 9.17) is 32.5 Å². The number of hydrogen-bond acceptors (Lipinski definition) is 6. The Morgan fingerprint density at radius 2 is 1.97 bits per heavy atom. The Morgan fingerprint density at radius 1 is 1.17 bits per heavy atom. The van der Waals surface area contributed by atoms with Gasteiger partial charge in [-0.05, 0) is 60.8 Å². The lowest BCUT2D eigenvalue weighted by Gasteiger charge is -2.12. The van der Waals surface area contributed by atoms with Crippen LogP contribution in [0.4, 0.5) is 5.69 Å². The van der Waals surface area contributed by atoms with Gasteiger partial charge in [0.25, 0.3) is 11.8 Å². The number of nitrogens with one attached hydrogen (secondary N) is 1. The molecule has 0 aliphatic rings. The van der Waals surface area contributed by atoms with Gasteiger partial charge in [0.2, 0.25) is 5.82 Å². The number of rotatable bonds is 6. The highest BCUT2D eigenvalue weighted by Crippen LogP contribution is 2.31. The number of carbonyl (C=O) groups is 1. The third kappa shape index (κ3) is 4.64. The van der Waals surface area contributed by atoms with Crippen molar-refractivity contribution >= 4 is 46.1 Å². The van der Waals surface area contributed by atoms with Gasteiger partial charge in [-0.25, -0.2) is 0 Å². The Bertz CT molecular complexity index is 1160. The first-order valence-corrected chi connectivity index (χ1v) is 10.5. The molecule has 0 spiro atoms. The van der Waals surface area contributed by atoms with E-state index in [2.05, 4.69) is 15.5 Å². The minimum Gasteiger partial charge on any atom is -0.479 e. The highest BCUT2D eigenvalue weighted by molar-refractivity contribution is 7.12. The van der Waals surface area contributed by atoms with Gasteiger partial charge in [-0.1, -0.05) is 34.4 Å². The molecule has 6 nitrogen and oxygen atoms in total. The van der Waals surface area contributed by atoms with E-state index in [0.717, 1.165) is 5.56 Å². The van der Waals surface area contributed by atoms with Crippen LogP contribution in [0.1, 0.15) is 28.6 Å².